The van der Waals surface area contributed by atoms with Gasteiger partial charge in [-0.2, -0.15) is 0 Å². The summed E-state index contributed by atoms with van der Waals surface area (Å²) >= 11 is 3.03. The standard InChI is InChI=1S/C14H19N3O2S2/c1-4-5-10(2)12(18)17-9-20-8-11(17)13(19)16(3)14-15-6-7-21-14/h5-7,11H,4,8-9H2,1-3H3/b10-5-/t11-/m1/s1. The van der Waals surface area contributed by atoms with Gasteiger partial charge in [-0.25, -0.2) is 4.98 Å². The number of hydrogen-bond acceptors (Lipinski definition) is 5. The lowest BCUT2D eigenvalue weighted by Gasteiger charge is -2.26. The minimum absolute atomic E-state index is 0.0484. The summed E-state index contributed by atoms with van der Waals surface area (Å²) in [5.41, 5.74) is 0.703. The molecule has 1 fully saturated rings. The molecule has 0 bridgehead atoms. The third-order valence-corrected chi connectivity index (χ3v) is 5.17. The quantitative estimate of drug-likeness (QED) is 0.798. The summed E-state index contributed by atoms with van der Waals surface area (Å²) in [6.45, 7) is 3.80. The molecule has 1 saturated heterocycles. The van der Waals surface area contributed by atoms with Crippen LogP contribution in [0.4, 0.5) is 5.13 Å². The molecule has 5 nitrogen and oxygen atoms in total. The van der Waals surface area contributed by atoms with Crippen molar-refractivity contribution in [2.45, 2.75) is 26.3 Å². The Morgan fingerprint density at radius 2 is 2.33 bits per heavy atom. The molecule has 2 heterocycles. The Morgan fingerprint density at radius 3 is 2.95 bits per heavy atom. The normalized spacial score (nSPS) is 18.9. The van der Waals surface area contributed by atoms with Gasteiger partial charge in [-0.3, -0.25) is 14.5 Å². The molecule has 0 aliphatic carbocycles. The first-order valence-corrected chi connectivity index (χ1v) is 8.82. The number of thioether (sulfide) groups is 1. The molecule has 7 heteroatoms. The minimum atomic E-state index is -0.406. The number of anilines is 1. The van der Waals surface area contributed by atoms with Crippen LogP contribution in [0.3, 0.4) is 0 Å². The Morgan fingerprint density at radius 1 is 1.57 bits per heavy atom. The number of carbonyl (C=O) groups is 2. The van der Waals surface area contributed by atoms with Crippen molar-refractivity contribution in [2.75, 3.05) is 23.6 Å². The van der Waals surface area contributed by atoms with E-state index in [9.17, 15) is 9.59 Å². The van der Waals surface area contributed by atoms with E-state index in [1.165, 1.54) is 11.3 Å². The highest BCUT2D eigenvalue weighted by atomic mass is 32.2. The Hall–Kier alpha value is -1.34. The molecule has 0 spiro atoms. The van der Waals surface area contributed by atoms with Gasteiger partial charge >= 0.3 is 0 Å². The van der Waals surface area contributed by atoms with Crippen LogP contribution < -0.4 is 4.90 Å². The maximum absolute atomic E-state index is 12.6. The fraction of sp³-hybridized carbons (Fsp3) is 0.500. The summed E-state index contributed by atoms with van der Waals surface area (Å²) in [6, 6.07) is -0.406. The third-order valence-electron chi connectivity index (χ3n) is 3.31. The topological polar surface area (TPSA) is 53.5 Å². The van der Waals surface area contributed by atoms with Crippen molar-refractivity contribution < 1.29 is 9.59 Å². The lowest BCUT2D eigenvalue weighted by Crippen LogP contribution is -2.48. The van der Waals surface area contributed by atoms with Gasteiger partial charge in [-0.15, -0.1) is 23.1 Å². The molecular weight excluding hydrogens is 306 g/mol. The summed E-state index contributed by atoms with van der Waals surface area (Å²) in [6.07, 6.45) is 4.39. The zero-order valence-corrected chi connectivity index (χ0v) is 14.0. The van der Waals surface area contributed by atoms with Gasteiger partial charge in [-0.1, -0.05) is 13.0 Å². The average molecular weight is 325 g/mol. The molecule has 1 aliphatic rings. The Bertz CT molecular complexity index is 542. The van der Waals surface area contributed by atoms with E-state index in [0.29, 0.717) is 22.3 Å². The molecule has 1 aromatic heterocycles. The molecule has 0 aromatic carbocycles. The van der Waals surface area contributed by atoms with E-state index in [0.717, 1.165) is 6.42 Å². The summed E-state index contributed by atoms with van der Waals surface area (Å²) in [7, 11) is 1.71. The van der Waals surface area contributed by atoms with E-state index in [-0.39, 0.29) is 11.8 Å². The molecule has 1 aromatic rings. The maximum atomic E-state index is 12.6. The van der Waals surface area contributed by atoms with E-state index in [4.69, 9.17) is 0 Å². The summed E-state index contributed by atoms with van der Waals surface area (Å²) in [5, 5.41) is 2.49. The van der Waals surface area contributed by atoms with Crippen molar-refractivity contribution in [1.29, 1.82) is 0 Å². The fourth-order valence-corrected chi connectivity index (χ4v) is 3.93. The van der Waals surface area contributed by atoms with E-state index in [2.05, 4.69) is 4.98 Å². The number of nitrogens with zero attached hydrogens (tertiary/aromatic N) is 3. The summed E-state index contributed by atoms with van der Waals surface area (Å²) in [4.78, 5) is 32.4. The number of thiazole rings is 1. The van der Waals surface area contributed by atoms with E-state index in [1.54, 1.807) is 41.7 Å². The van der Waals surface area contributed by atoms with Crippen molar-refractivity contribution in [1.82, 2.24) is 9.88 Å². The van der Waals surface area contributed by atoms with Crippen LogP contribution in [0, 0.1) is 0 Å². The van der Waals surface area contributed by atoms with Crippen LogP contribution in [0.25, 0.3) is 0 Å². The highest BCUT2D eigenvalue weighted by molar-refractivity contribution is 7.99. The van der Waals surface area contributed by atoms with E-state index in [1.807, 2.05) is 18.4 Å². The van der Waals surface area contributed by atoms with E-state index >= 15 is 0 Å². The second-order valence-corrected chi connectivity index (χ2v) is 6.67. The predicted molar refractivity (Wildman–Crippen MR) is 87.5 cm³/mol. The van der Waals surface area contributed by atoms with Crippen LogP contribution in [0.1, 0.15) is 20.3 Å². The van der Waals surface area contributed by atoms with Gasteiger partial charge in [0, 0.05) is 30.0 Å². The van der Waals surface area contributed by atoms with Crippen molar-refractivity contribution in [3.05, 3.63) is 23.2 Å². The number of carbonyl (C=O) groups excluding carboxylic acids is 2. The maximum Gasteiger partial charge on any atom is 0.252 e. The van der Waals surface area contributed by atoms with E-state index < -0.39 is 6.04 Å². The lowest BCUT2D eigenvalue weighted by molar-refractivity contribution is -0.133. The van der Waals surface area contributed by atoms with Crippen LogP contribution >= 0.6 is 23.1 Å². The second kappa shape index (κ2) is 7.09. The molecule has 0 N–H and O–H groups in total. The smallest absolute Gasteiger partial charge is 0.252 e. The predicted octanol–water partition coefficient (Wildman–Crippen LogP) is 2.36. The minimum Gasteiger partial charge on any atom is -0.317 e. The number of aromatic nitrogens is 1. The first-order valence-electron chi connectivity index (χ1n) is 6.78. The highest BCUT2D eigenvalue weighted by Gasteiger charge is 2.37. The third kappa shape index (κ3) is 3.47. The molecule has 2 rings (SSSR count). The number of allylic oxidation sites excluding steroid dienone is 1. The first-order chi connectivity index (χ1) is 10.1. The van der Waals surface area contributed by atoms with Gasteiger partial charge in [0.1, 0.15) is 6.04 Å². The Kier molecular flexibility index (Phi) is 5.41. The van der Waals surface area contributed by atoms with Gasteiger partial charge in [0.15, 0.2) is 5.13 Å². The number of amides is 2. The zero-order chi connectivity index (χ0) is 15.4. The van der Waals surface area contributed by atoms with Crippen molar-refractivity contribution in [3.8, 4) is 0 Å². The molecular formula is C14H19N3O2S2. The van der Waals surface area contributed by atoms with Gasteiger partial charge in [0.2, 0.25) is 0 Å². The number of hydrogen-bond donors (Lipinski definition) is 0. The zero-order valence-electron chi connectivity index (χ0n) is 12.4. The Labute approximate surface area is 133 Å². The molecule has 1 atom stereocenters. The van der Waals surface area contributed by atoms with Crippen LogP contribution in [0.5, 0.6) is 0 Å². The molecule has 1 aliphatic heterocycles. The molecule has 2 amide bonds. The van der Waals surface area contributed by atoms with Crippen molar-refractivity contribution >= 4 is 40.0 Å². The van der Waals surface area contributed by atoms with Gasteiger partial charge < -0.3 is 4.90 Å². The van der Waals surface area contributed by atoms with Gasteiger partial charge in [0.05, 0.1) is 5.88 Å². The van der Waals surface area contributed by atoms with Crippen LogP contribution in [0.2, 0.25) is 0 Å². The lowest BCUT2D eigenvalue weighted by atomic mass is 10.2. The van der Waals surface area contributed by atoms with Crippen LogP contribution in [-0.2, 0) is 9.59 Å². The first kappa shape index (κ1) is 16.0. The van der Waals surface area contributed by atoms with Gasteiger partial charge in [-0.05, 0) is 13.3 Å². The fourth-order valence-electron chi connectivity index (χ4n) is 2.17. The molecule has 0 radical (unpaired) electrons. The monoisotopic (exact) mass is 325 g/mol. The second-order valence-electron chi connectivity index (χ2n) is 4.80. The molecule has 0 saturated carbocycles. The number of rotatable bonds is 4. The van der Waals surface area contributed by atoms with Crippen molar-refractivity contribution in [3.63, 3.8) is 0 Å². The Balaban J connectivity index is 2.13. The van der Waals surface area contributed by atoms with Crippen LogP contribution in [0.15, 0.2) is 23.2 Å². The summed E-state index contributed by atoms with van der Waals surface area (Å²) < 4.78 is 0. The van der Waals surface area contributed by atoms with Crippen molar-refractivity contribution in [2.24, 2.45) is 0 Å². The number of likely N-dealkylation sites (N-methyl/N-ethyl adjacent to an activating group) is 1. The SMILES string of the molecule is CC/C=C(/C)C(=O)N1CSC[C@@H]1C(=O)N(C)c1nccs1. The highest BCUT2D eigenvalue weighted by Crippen LogP contribution is 2.26. The molecule has 114 valence electrons. The van der Waals surface area contributed by atoms with Gasteiger partial charge in [0.25, 0.3) is 11.8 Å². The largest absolute Gasteiger partial charge is 0.317 e. The molecule has 21 heavy (non-hydrogen) atoms. The molecule has 0 unspecified atom stereocenters. The van der Waals surface area contributed by atoms with Crippen LogP contribution in [-0.4, -0.2) is 46.4 Å². The average Bonchev–Trinajstić information content (AvgIpc) is 3.15. The summed E-state index contributed by atoms with van der Waals surface area (Å²) in [5.74, 6) is 1.08.